The van der Waals surface area contributed by atoms with E-state index in [1.54, 1.807) is 0 Å². The molecule has 1 fully saturated rings. The molecule has 0 unspecified atom stereocenters. The summed E-state index contributed by atoms with van der Waals surface area (Å²) in [5, 5.41) is 3.56. The highest BCUT2D eigenvalue weighted by atomic mass is 15.1. The average molecular weight is 221 g/mol. The molecule has 1 aromatic rings. The molecule has 1 N–H and O–H groups in total. The number of imidazole rings is 1. The minimum absolute atomic E-state index is 0.777. The molecule has 1 aromatic heterocycles. The molecule has 1 aliphatic rings. The number of nitrogens with one attached hydrogen (secondary N) is 1. The molecular weight excluding hydrogens is 198 g/mol. The second kappa shape index (κ2) is 5.48. The zero-order chi connectivity index (χ0) is 11.4. The summed E-state index contributed by atoms with van der Waals surface area (Å²) in [5.74, 6) is 1.16. The van der Waals surface area contributed by atoms with Crippen molar-refractivity contribution in [3.63, 3.8) is 0 Å². The van der Waals surface area contributed by atoms with Crippen molar-refractivity contribution in [1.82, 2.24) is 14.9 Å². The first-order chi connectivity index (χ1) is 7.81. The topological polar surface area (TPSA) is 29.9 Å². The smallest absolute Gasteiger partial charge is 0.105 e. The van der Waals surface area contributed by atoms with Gasteiger partial charge in [0.05, 0.1) is 5.69 Å². The van der Waals surface area contributed by atoms with Crippen LogP contribution >= 0.6 is 0 Å². The number of hydrogen-bond acceptors (Lipinski definition) is 2. The van der Waals surface area contributed by atoms with Crippen LogP contribution in [-0.4, -0.2) is 15.6 Å². The first-order valence-electron chi connectivity index (χ1n) is 6.55. The maximum Gasteiger partial charge on any atom is 0.105 e. The fourth-order valence-corrected chi connectivity index (χ4v) is 2.02. The Morgan fingerprint density at radius 3 is 2.94 bits per heavy atom. The molecule has 0 atom stereocenters. The van der Waals surface area contributed by atoms with Gasteiger partial charge in [-0.05, 0) is 26.2 Å². The number of unbranched alkanes of at least 4 members (excludes halogenated alkanes) is 2. The van der Waals surface area contributed by atoms with Crippen molar-refractivity contribution in [2.75, 3.05) is 0 Å². The molecule has 1 saturated carbocycles. The van der Waals surface area contributed by atoms with E-state index in [9.17, 15) is 0 Å². The van der Waals surface area contributed by atoms with Crippen molar-refractivity contribution in [3.05, 3.63) is 17.7 Å². The molecule has 0 radical (unpaired) electrons. The first kappa shape index (κ1) is 11.6. The second-order valence-electron chi connectivity index (χ2n) is 4.81. The van der Waals surface area contributed by atoms with Crippen LogP contribution < -0.4 is 5.32 Å². The van der Waals surface area contributed by atoms with Gasteiger partial charge in [0.25, 0.3) is 0 Å². The largest absolute Gasteiger partial charge is 0.331 e. The van der Waals surface area contributed by atoms with Gasteiger partial charge in [0.2, 0.25) is 0 Å². The lowest BCUT2D eigenvalue weighted by Gasteiger charge is -2.10. The lowest BCUT2D eigenvalue weighted by atomic mass is 10.2. The SMILES string of the molecule is CCCCCn1c(CNC2CC2)cnc1C. The lowest BCUT2D eigenvalue weighted by molar-refractivity contribution is 0.554. The van der Waals surface area contributed by atoms with Gasteiger partial charge in [-0.25, -0.2) is 4.98 Å². The molecule has 0 aromatic carbocycles. The summed E-state index contributed by atoms with van der Waals surface area (Å²) < 4.78 is 2.37. The van der Waals surface area contributed by atoms with E-state index in [2.05, 4.69) is 28.7 Å². The third-order valence-electron chi connectivity index (χ3n) is 3.27. The molecular formula is C13H23N3. The summed E-state index contributed by atoms with van der Waals surface area (Å²) in [6.45, 7) is 6.46. The molecule has 3 nitrogen and oxygen atoms in total. The van der Waals surface area contributed by atoms with Gasteiger partial charge in [0.15, 0.2) is 0 Å². The van der Waals surface area contributed by atoms with Crippen LogP contribution in [0.15, 0.2) is 6.20 Å². The normalized spacial score (nSPS) is 15.6. The molecule has 0 bridgehead atoms. The van der Waals surface area contributed by atoms with Gasteiger partial charge in [0.1, 0.15) is 5.82 Å². The maximum atomic E-state index is 4.42. The standard InChI is InChI=1S/C13H23N3/c1-3-4-5-8-16-11(2)14-9-13(16)10-15-12-6-7-12/h9,12,15H,3-8,10H2,1-2H3. The first-order valence-corrected chi connectivity index (χ1v) is 6.55. The highest BCUT2D eigenvalue weighted by Crippen LogP contribution is 2.19. The summed E-state index contributed by atoms with van der Waals surface area (Å²) in [6.07, 6.45) is 8.59. The molecule has 0 saturated heterocycles. The van der Waals surface area contributed by atoms with Crippen LogP contribution in [-0.2, 0) is 13.1 Å². The molecule has 3 heteroatoms. The highest BCUT2D eigenvalue weighted by Gasteiger charge is 2.20. The summed E-state index contributed by atoms with van der Waals surface area (Å²) in [4.78, 5) is 4.42. The van der Waals surface area contributed by atoms with Gasteiger partial charge in [-0.1, -0.05) is 19.8 Å². The predicted molar refractivity (Wildman–Crippen MR) is 66.4 cm³/mol. The van der Waals surface area contributed by atoms with Crippen molar-refractivity contribution in [2.24, 2.45) is 0 Å². The van der Waals surface area contributed by atoms with Gasteiger partial charge in [0, 0.05) is 25.3 Å². The number of nitrogens with zero attached hydrogens (tertiary/aromatic N) is 2. The number of rotatable bonds is 7. The van der Waals surface area contributed by atoms with Crippen LogP contribution in [0.3, 0.4) is 0 Å². The second-order valence-corrected chi connectivity index (χ2v) is 4.81. The fraction of sp³-hybridized carbons (Fsp3) is 0.769. The van der Waals surface area contributed by atoms with Crippen molar-refractivity contribution in [1.29, 1.82) is 0 Å². The molecule has 2 rings (SSSR count). The number of aromatic nitrogens is 2. The Kier molecular flexibility index (Phi) is 3.99. The van der Waals surface area contributed by atoms with E-state index in [4.69, 9.17) is 0 Å². The van der Waals surface area contributed by atoms with E-state index in [0.717, 1.165) is 25.0 Å². The van der Waals surface area contributed by atoms with Crippen LogP contribution in [0.25, 0.3) is 0 Å². The summed E-state index contributed by atoms with van der Waals surface area (Å²) in [7, 11) is 0. The highest BCUT2D eigenvalue weighted by molar-refractivity contribution is 5.05. The van der Waals surface area contributed by atoms with E-state index in [1.807, 2.05) is 6.20 Å². The van der Waals surface area contributed by atoms with E-state index in [-0.39, 0.29) is 0 Å². The summed E-state index contributed by atoms with van der Waals surface area (Å²) in [5.41, 5.74) is 1.35. The van der Waals surface area contributed by atoms with E-state index in [0.29, 0.717) is 0 Å². The van der Waals surface area contributed by atoms with Crippen molar-refractivity contribution in [2.45, 2.75) is 65.1 Å². The van der Waals surface area contributed by atoms with Crippen LogP contribution in [0, 0.1) is 6.92 Å². The van der Waals surface area contributed by atoms with Crippen molar-refractivity contribution in [3.8, 4) is 0 Å². The van der Waals surface area contributed by atoms with Crippen LogP contribution in [0.5, 0.6) is 0 Å². The molecule has 16 heavy (non-hydrogen) atoms. The van der Waals surface area contributed by atoms with E-state index >= 15 is 0 Å². The Labute approximate surface area is 98.3 Å². The molecule has 90 valence electrons. The average Bonchev–Trinajstić information content (AvgIpc) is 3.04. The zero-order valence-corrected chi connectivity index (χ0v) is 10.5. The Morgan fingerprint density at radius 1 is 1.44 bits per heavy atom. The van der Waals surface area contributed by atoms with E-state index < -0.39 is 0 Å². The van der Waals surface area contributed by atoms with Crippen LogP contribution in [0.1, 0.15) is 50.5 Å². The van der Waals surface area contributed by atoms with Gasteiger partial charge in [-0.15, -0.1) is 0 Å². The van der Waals surface area contributed by atoms with Crippen molar-refractivity contribution < 1.29 is 0 Å². The van der Waals surface area contributed by atoms with Crippen LogP contribution in [0.4, 0.5) is 0 Å². The lowest BCUT2D eigenvalue weighted by Crippen LogP contribution is -2.18. The third-order valence-corrected chi connectivity index (χ3v) is 3.27. The van der Waals surface area contributed by atoms with E-state index in [1.165, 1.54) is 37.8 Å². The number of hydrogen-bond donors (Lipinski definition) is 1. The third kappa shape index (κ3) is 3.08. The van der Waals surface area contributed by atoms with Gasteiger partial charge < -0.3 is 9.88 Å². The maximum absolute atomic E-state index is 4.42. The molecule has 0 aliphatic heterocycles. The molecule has 1 heterocycles. The minimum Gasteiger partial charge on any atom is -0.331 e. The monoisotopic (exact) mass is 221 g/mol. The fourth-order valence-electron chi connectivity index (χ4n) is 2.02. The predicted octanol–water partition coefficient (Wildman–Crippen LogP) is 2.63. The Balaban J connectivity index is 1.88. The van der Waals surface area contributed by atoms with Crippen molar-refractivity contribution >= 4 is 0 Å². The quantitative estimate of drug-likeness (QED) is 0.717. The molecule has 0 spiro atoms. The molecule has 1 aliphatic carbocycles. The number of aryl methyl sites for hydroxylation is 1. The minimum atomic E-state index is 0.777. The molecule has 0 amide bonds. The Bertz CT molecular complexity index is 326. The van der Waals surface area contributed by atoms with Crippen LogP contribution in [0.2, 0.25) is 0 Å². The summed E-state index contributed by atoms with van der Waals surface area (Å²) >= 11 is 0. The summed E-state index contributed by atoms with van der Waals surface area (Å²) in [6, 6.07) is 0.777. The van der Waals surface area contributed by atoms with Gasteiger partial charge in [-0.3, -0.25) is 0 Å². The zero-order valence-electron chi connectivity index (χ0n) is 10.5. The Morgan fingerprint density at radius 2 is 2.25 bits per heavy atom. The Hall–Kier alpha value is -0.830. The van der Waals surface area contributed by atoms with Gasteiger partial charge in [-0.2, -0.15) is 0 Å². The van der Waals surface area contributed by atoms with Gasteiger partial charge >= 0.3 is 0 Å².